The van der Waals surface area contributed by atoms with E-state index in [1.54, 1.807) is 13.8 Å². The fourth-order valence-corrected chi connectivity index (χ4v) is 1.04. The molecular formula is C8H18N2O2. The first-order valence-electron chi connectivity index (χ1n) is 4.02. The fourth-order valence-electron chi connectivity index (χ4n) is 1.04. The summed E-state index contributed by atoms with van der Waals surface area (Å²) in [5.74, 6) is -0.772. The molecule has 0 radical (unpaired) electrons. The molecule has 0 aromatic carbocycles. The largest absolute Gasteiger partial charge is 0.481 e. The van der Waals surface area contributed by atoms with Crippen molar-refractivity contribution in [2.24, 2.45) is 11.1 Å². The van der Waals surface area contributed by atoms with Crippen molar-refractivity contribution in [2.75, 3.05) is 26.7 Å². The number of aliphatic carboxylic acids is 1. The summed E-state index contributed by atoms with van der Waals surface area (Å²) in [7, 11) is 1.87. The topological polar surface area (TPSA) is 66.6 Å². The zero-order valence-corrected chi connectivity index (χ0v) is 8.00. The van der Waals surface area contributed by atoms with E-state index in [0.717, 1.165) is 6.54 Å². The van der Waals surface area contributed by atoms with Crippen LogP contribution >= 0.6 is 0 Å². The van der Waals surface area contributed by atoms with Crippen molar-refractivity contribution in [1.82, 2.24) is 4.90 Å². The second-order valence-electron chi connectivity index (χ2n) is 3.72. The van der Waals surface area contributed by atoms with Gasteiger partial charge in [0.2, 0.25) is 0 Å². The summed E-state index contributed by atoms with van der Waals surface area (Å²) < 4.78 is 0. The number of rotatable bonds is 5. The van der Waals surface area contributed by atoms with Gasteiger partial charge in [0.1, 0.15) is 0 Å². The molecule has 0 atom stereocenters. The Hall–Kier alpha value is -0.610. The average molecular weight is 174 g/mol. The highest BCUT2D eigenvalue weighted by Crippen LogP contribution is 2.15. The van der Waals surface area contributed by atoms with Gasteiger partial charge in [0.05, 0.1) is 5.41 Å². The van der Waals surface area contributed by atoms with Crippen LogP contribution in [0.5, 0.6) is 0 Å². The van der Waals surface area contributed by atoms with Gasteiger partial charge in [-0.1, -0.05) is 0 Å². The Labute approximate surface area is 73.3 Å². The highest BCUT2D eigenvalue weighted by Gasteiger charge is 2.28. The van der Waals surface area contributed by atoms with Crippen molar-refractivity contribution in [3.05, 3.63) is 0 Å². The van der Waals surface area contributed by atoms with Crippen molar-refractivity contribution in [1.29, 1.82) is 0 Å². The zero-order valence-electron chi connectivity index (χ0n) is 8.00. The molecule has 0 unspecified atom stereocenters. The molecule has 0 aromatic rings. The lowest BCUT2D eigenvalue weighted by Crippen LogP contribution is -2.39. The number of nitrogens with two attached hydrogens (primary N) is 1. The summed E-state index contributed by atoms with van der Waals surface area (Å²) in [5.41, 5.74) is 4.64. The first kappa shape index (κ1) is 11.4. The quantitative estimate of drug-likeness (QED) is 0.615. The number of likely N-dealkylation sites (N-methyl/N-ethyl adjacent to an activating group) is 1. The molecule has 72 valence electrons. The van der Waals surface area contributed by atoms with Gasteiger partial charge in [-0.05, 0) is 20.9 Å². The molecule has 0 aromatic heterocycles. The predicted molar refractivity (Wildman–Crippen MR) is 48.0 cm³/mol. The number of hydrogen-bond acceptors (Lipinski definition) is 3. The van der Waals surface area contributed by atoms with Crippen LogP contribution in [0, 0.1) is 5.41 Å². The first-order chi connectivity index (χ1) is 5.40. The third-order valence-corrected chi connectivity index (χ3v) is 1.75. The van der Waals surface area contributed by atoms with Crippen molar-refractivity contribution in [2.45, 2.75) is 13.8 Å². The molecule has 3 N–H and O–H groups in total. The normalized spacial score (nSPS) is 12.1. The molecule has 0 saturated heterocycles. The Bertz CT molecular complexity index is 157. The van der Waals surface area contributed by atoms with Gasteiger partial charge in [-0.2, -0.15) is 0 Å². The van der Waals surface area contributed by atoms with Crippen LogP contribution in [0.1, 0.15) is 13.8 Å². The highest BCUT2D eigenvalue weighted by molar-refractivity contribution is 5.73. The van der Waals surface area contributed by atoms with Gasteiger partial charge < -0.3 is 15.7 Å². The SMILES string of the molecule is CN(CCN)CC(C)(C)C(=O)O. The number of carbonyl (C=O) groups is 1. The van der Waals surface area contributed by atoms with Crippen LogP contribution in [0.4, 0.5) is 0 Å². The van der Waals surface area contributed by atoms with E-state index in [9.17, 15) is 4.79 Å². The first-order valence-corrected chi connectivity index (χ1v) is 4.02. The van der Waals surface area contributed by atoms with Gasteiger partial charge in [0.25, 0.3) is 0 Å². The Morgan fingerprint density at radius 3 is 2.42 bits per heavy atom. The van der Waals surface area contributed by atoms with Crippen molar-refractivity contribution >= 4 is 5.97 Å². The van der Waals surface area contributed by atoms with E-state index < -0.39 is 11.4 Å². The maximum absolute atomic E-state index is 10.7. The molecule has 4 nitrogen and oxygen atoms in total. The summed E-state index contributed by atoms with van der Waals surface area (Å²) in [6.07, 6.45) is 0. The van der Waals surface area contributed by atoms with Gasteiger partial charge in [-0.15, -0.1) is 0 Å². The molecule has 4 heteroatoms. The number of carboxylic acids is 1. The van der Waals surface area contributed by atoms with Crippen LogP contribution in [-0.2, 0) is 4.79 Å². The third-order valence-electron chi connectivity index (χ3n) is 1.75. The summed E-state index contributed by atoms with van der Waals surface area (Å²) >= 11 is 0. The highest BCUT2D eigenvalue weighted by atomic mass is 16.4. The standard InChI is InChI=1S/C8H18N2O2/c1-8(2,7(11)12)6-10(3)5-4-9/h4-6,9H2,1-3H3,(H,11,12). The van der Waals surface area contributed by atoms with Gasteiger partial charge >= 0.3 is 5.97 Å². The van der Waals surface area contributed by atoms with E-state index in [1.165, 1.54) is 0 Å². The number of nitrogens with zero attached hydrogens (tertiary/aromatic N) is 1. The smallest absolute Gasteiger partial charge is 0.310 e. The van der Waals surface area contributed by atoms with Gasteiger partial charge in [0.15, 0.2) is 0 Å². The van der Waals surface area contributed by atoms with Crippen molar-refractivity contribution in [3.63, 3.8) is 0 Å². The molecule has 0 aliphatic rings. The molecule has 0 aliphatic heterocycles. The van der Waals surface area contributed by atoms with Crippen molar-refractivity contribution in [3.8, 4) is 0 Å². The maximum Gasteiger partial charge on any atom is 0.310 e. The third kappa shape index (κ3) is 3.69. The Morgan fingerprint density at radius 2 is 2.08 bits per heavy atom. The summed E-state index contributed by atoms with van der Waals surface area (Å²) in [6, 6.07) is 0. The fraction of sp³-hybridized carbons (Fsp3) is 0.875. The molecule has 0 rings (SSSR count). The predicted octanol–water partition coefficient (Wildman–Crippen LogP) is -0.0123. The van der Waals surface area contributed by atoms with E-state index >= 15 is 0 Å². The lowest BCUT2D eigenvalue weighted by molar-refractivity contribution is -0.147. The van der Waals surface area contributed by atoms with Gasteiger partial charge in [0, 0.05) is 19.6 Å². The van der Waals surface area contributed by atoms with Crippen LogP contribution < -0.4 is 5.73 Å². The second-order valence-corrected chi connectivity index (χ2v) is 3.72. The van der Waals surface area contributed by atoms with Crippen LogP contribution in [0.3, 0.4) is 0 Å². The monoisotopic (exact) mass is 174 g/mol. The van der Waals surface area contributed by atoms with Gasteiger partial charge in [-0.25, -0.2) is 0 Å². The lowest BCUT2D eigenvalue weighted by Gasteiger charge is -2.25. The lowest BCUT2D eigenvalue weighted by atomic mass is 9.93. The van der Waals surface area contributed by atoms with E-state index in [-0.39, 0.29) is 0 Å². The van der Waals surface area contributed by atoms with E-state index in [2.05, 4.69) is 0 Å². The van der Waals surface area contributed by atoms with E-state index in [1.807, 2.05) is 11.9 Å². The molecule has 0 fully saturated rings. The Morgan fingerprint density at radius 1 is 1.58 bits per heavy atom. The van der Waals surface area contributed by atoms with Crippen LogP contribution in [0.15, 0.2) is 0 Å². The van der Waals surface area contributed by atoms with Crippen LogP contribution in [0.25, 0.3) is 0 Å². The summed E-state index contributed by atoms with van der Waals surface area (Å²) in [4.78, 5) is 12.6. The minimum Gasteiger partial charge on any atom is -0.481 e. The van der Waals surface area contributed by atoms with Crippen LogP contribution in [-0.4, -0.2) is 42.7 Å². The summed E-state index contributed by atoms with van der Waals surface area (Å²) in [6.45, 7) is 5.24. The molecule has 0 amide bonds. The maximum atomic E-state index is 10.7. The van der Waals surface area contributed by atoms with Gasteiger partial charge in [-0.3, -0.25) is 4.79 Å². The minimum absolute atomic E-state index is 0.527. The molecule has 0 bridgehead atoms. The molecular weight excluding hydrogens is 156 g/mol. The Balaban J connectivity index is 3.96. The number of hydrogen-bond donors (Lipinski definition) is 2. The molecule has 0 aliphatic carbocycles. The second kappa shape index (κ2) is 4.42. The molecule has 0 heterocycles. The average Bonchev–Trinajstić information content (AvgIpc) is 1.85. The van der Waals surface area contributed by atoms with Crippen molar-refractivity contribution < 1.29 is 9.90 Å². The van der Waals surface area contributed by atoms with E-state index in [0.29, 0.717) is 13.1 Å². The molecule has 12 heavy (non-hydrogen) atoms. The molecule has 0 saturated carbocycles. The Kier molecular flexibility index (Phi) is 4.20. The minimum atomic E-state index is -0.772. The van der Waals surface area contributed by atoms with Crippen LogP contribution in [0.2, 0.25) is 0 Å². The van der Waals surface area contributed by atoms with E-state index in [4.69, 9.17) is 10.8 Å². The zero-order chi connectivity index (χ0) is 9.78. The summed E-state index contributed by atoms with van der Waals surface area (Å²) in [5, 5.41) is 8.80. The molecule has 0 spiro atoms. The number of carboxylic acid groups (broad SMARTS) is 1.